The van der Waals surface area contributed by atoms with E-state index in [2.05, 4.69) is 21.3 Å². The first-order chi connectivity index (χ1) is 21.6. The van der Waals surface area contributed by atoms with E-state index in [1.54, 1.807) is 4.90 Å². The van der Waals surface area contributed by atoms with Crippen LogP contribution in [0.25, 0.3) is 0 Å². The minimum absolute atomic E-state index is 0.0568. The van der Waals surface area contributed by atoms with E-state index in [-0.39, 0.29) is 29.4 Å². The fraction of sp³-hybridized carbons (Fsp3) is 0.382. The molecular formula is C34H41F2N5O3S. The molecule has 45 heavy (non-hydrogen) atoms. The molecule has 1 saturated heterocycles. The van der Waals surface area contributed by atoms with E-state index in [9.17, 15) is 23.5 Å². The van der Waals surface area contributed by atoms with E-state index in [1.165, 1.54) is 6.07 Å². The van der Waals surface area contributed by atoms with Gasteiger partial charge in [-0.25, -0.2) is 13.6 Å². The van der Waals surface area contributed by atoms with Crippen LogP contribution in [0.15, 0.2) is 78.9 Å². The molecular weight excluding hydrogens is 596 g/mol. The highest BCUT2D eigenvalue weighted by atomic mass is 32.1. The van der Waals surface area contributed by atoms with Crippen LogP contribution in [0.5, 0.6) is 0 Å². The molecule has 3 amide bonds. The molecule has 5 N–H and O–H groups in total. The third kappa shape index (κ3) is 9.70. The molecule has 0 spiro atoms. The molecule has 240 valence electrons. The number of hydrogen-bond acceptors (Lipinski definition) is 4. The highest BCUT2D eigenvalue weighted by Gasteiger charge is 2.35. The van der Waals surface area contributed by atoms with Crippen molar-refractivity contribution in [3.63, 3.8) is 0 Å². The molecule has 1 aliphatic heterocycles. The van der Waals surface area contributed by atoms with Crippen LogP contribution in [0.2, 0.25) is 0 Å². The summed E-state index contributed by atoms with van der Waals surface area (Å²) in [7, 11) is 0. The summed E-state index contributed by atoms with van der Waals surface area (Å²) in [5.74, 6) is -2.04. The van der Waals surface area contributed by atoms with E-state index >= 15 is 0 Å². The Morgan fingerprint density at radius 2 is 1.53 bits per heavy atom. The third-order valence-electron chi connectivity index (χ3n) is 7.83. The molecule has 1 heterocycles. The SMILES string of the molecule is CC(C)[C@@H](C(=O)N[C@@H](Cc1ccccc1)C[C@H](O)C(Cc1ccccc1)NC(=S)Nc1c(F)cccc1F)N1CCCNC1=O. The van der Waals surface area contributed by atoms with Gasteiger partial charge < -0.3 is 31.3 Å². The molecule has 0 aliphatic carbocycles. The molecule has 0 bridgehead atoms. The van der Waals surface area contributed by atoms with Gasteiger partial charge in [0.15, 0.2) is 5.11 Å². The van der Waals surface area contributed by atoms with Crippen LogP contribution < -0.4 is 21.3 Å². The zero-order valence-electron chi connectivity index (χ0n) is 25.5. The Labute approximate surface area is 268 Å². The third-order valence-corrected chi connectivity index (χ3v) is 8.05. The predicted molar refractivity (Wildman–Crippen MR) is 176 cm³/mol. The van der Waals surface area contributed by atoms with Crippen LogP contribution in [0.4, 0.5) is 19.3 Å². The van der Waals surface area contributed by atoms with Crippen LogP contribution in [-0.2, 0) is 17.6 Å². The van der Waals surface area contributed by atoms with Gasteiger partial charge in [-0.15, -0.1) is 0 Å². The number of nitrogens with one attached hydrogen (secondary N) is 4. The Kier molecular flexibility index (Phi) is 12.2. The number of benzene rings is 3. The fourth-order valence-corrected chi connectivity index (χ4v) is 5.89. The van der Waals surface area contributed by atoms with Gasteiger partial charge in [-0.3, -0.25) is 4.79 Å². The number of halogens is 2. The summed E-state index contributed by atoms with van der Waals surface area (Å²) in [4.78, 5) is 28.0. The number of nitrogens with zero attached hydrogens (tertiary/aromatic N) is 1. The average molecular weight is 638 g/mol. The molecule has 4 atom stereocenters. The van der Waals surface area contributed by atoms with Gasteiger partial charge in [-0.2, -0.15) is 0 Å². The van der Waals surface area contributed by atoms with Crippen LogP contribution in [0.3, 0.4) is 0 Å². The van der Waals surface area contributed by atoms with Crippen LogP contribution >= 0.6 is 12.2 Å². The lowest BCUT2D eigenvalue weighted by Gasteiger charge is -2.37. The molecule has 3 aromatic rings. The van der Waals surface area contributed by atoms with Crippen molar-refractivity contribution in [3.8, 4) is 0 Å². The van der Waals surface area contributed by atoms with Gasteiger partial charge in [0, 0.05) is 19.1 Å². The largest absolute Gasteiger partial charge is 0.391 e. The summed E-state index contributed by atoms with van der Waals surface area (Å²) in [6, 6.07) is 20.5. The lowest BCUT2D eigenvalue weighted by atomic mass is 9.93. The van der Waals surface area contributed by atoms with Gasteiger partial charge >= 0.3 is 6.03 Å². The van der Waals surface area contributed by atoms with Gasteiger partial charge in [0.25, 0.3) is 0 Å². The number of aliphatic hydroxyl groups excluding tert-OH is 1. The topological polar surface area (TPSA) is 106 Å². The number of urea groups is 1. The number of anilines is 1. The first-order valence-corrected chi connectivity index (χ1v) is 15.7. The minimum Gasteiger partial charge on any atom is -0.391 e. The van der Waals surface area contributed by atoms with E-state index in [0.717, 1.165) is 29.7 Å². The van der Waals surface area contributed by atoms with Gasteiger partial charge in [-0.1, -0.05) is 80.6 Å². The second-order valence-electron chi connectivity index (χ2n) is 11.7. The quantitative estimate of drug-likeness (QED) is 0.173. The van der Waals surface area contributed by atoms with Crippen molar-refractivity contribution < 1.29 is 23.5 Å². The molecule has 8 nitrogen and oxygen atoms in total. The lowest BCUT2D eigenvalue weighted by molar-refractivity contribution is -0.128. The van der Waals surface area contributed by atoms with Gasteiger partial charge in [0.2, 0.25) is 5.91 Å². The monoisotopic (exact) mass is 637 g/mol. The summed E-state index contributed by atoms with van der Waals surface area (Å²) in [6.07, 6.45) is 0.616. The van der Waals surface area contributed by atoms with Crippen molar-refractivity contribution in [2.45, 2.75) is 63.8 Å². The van der Waals surface area contributed by atoms with Gasteiger partial charge in [0.05, 0.1) is 12.1 Å². The van der Waals surface area contributed by atoms with Crippen molar-refractivity contribution in [2.75, 3.05) is 18.4 Å². The number of hydrogen-bond donors (Lipinski definition) is 5. The molecule has 1 unspecified atom stereocenters. The van der Waals surface area contributed by atoms with Gasteiger partial charge in [-0.05, 0) is 67.1 Å². The Balaban J connectivity index is 1.55. The molecule has 1 aliphatic rings. The van der Waals surface area contributed by atoms with E-state index in [0.29, 0.717) is 25.9 Å². The lowest BCUT2D eigenvalue weighted by Crippen LogP contribution is -2.59. The highest BCUT2D eigenvalue weighted by molar-refractivity contribution is 7.80. The summed E-state index contributed by atoms with van der Waals surface area (Å²) in [5, 5.41) is 23.2. The fourth-order valence-electron chi connectivity index (χ4n) is 5.64. The van der Waals surface area contributed by atoms with E-state index in [1.807, 2.05) is 74.5 Å². The number of para-hydroxylation sites is 1. The number of carbonyl (C=O) groups excluding carboxylic acids is 2. The maximum absolute atomic E-state index is 14.3. The molecule has 1 fully saturated rings. The standard InChI is InChI=1S/C34H41F2N5O3S/c1-22(2)31(41-18-10-17-37-34(41)44)32(43)38-25(19-23-11-5-3-6-12-23)21-29(42)28(20-24-13-7-4-8-14-24)39-33(45)40-30-26(35)15-9-16-27(30)36/h3-9,11-16,22,25,28-29,31,42H,10,17-21H2,1-2H3,(H,37,44)(H,38,43)(H2,39,40,45)/t25-,28?,29-,31-/m0/s1. The maximum atomic E-state index is 14.3. The predicted octanol–water partition coefficient (Wildman–Crippen LogP) is 4.78. The summed E-state index contributed by atoms with van der Waals surface area (Å²) >= 11 is 5.42. The number of aliphatic hydroxyl groups is 1. The van der Waals surface area contributed by atoms with Crippen LogP contribution in [0, 0.1) is 17.6 Å². The second kappa shape index (κ2) is 16.3. The molecule has 0 radical (unpaired) electrons. The Hall–Kier alpha value is -4.09. The van der Waals surface area contributed by atoms with Crippen LogP contribution in [0.1, 0.15) is 37.8 Å². The van der Waals surface area contributed by atoms with E-state index < -0.39 is 41.6 Å². The van der Waals surface area contributed by atoms with Crippen molar-refractivity contribution in [1.82, 2.24) is 20.9 Å². The second-order valence-corrected chi connectivity index (χ2v) is 12.1. The van der Waals surface area contributed by atoms with Crippen LogP contribution in [-0.4, -0.2) is 64.4 Å². The minimum atomic E-state index is -1.04. The Bertz CT molecular complexity index is 1410. The van der Waals surface area contributed by atoms with Gasteiger partial charge in [0.1, 0.15) is 23.4 Å². The zero-order valence-corrected chi connectivity index (χ0v) is 26.3. The number of rotatable bonds is 13. The number of carbonyl (C=O) groups is 2. The summed E-state index contributed by atoms with van der Waals surface area (Å²) in [5.41, 5.74) is 1.48. The Morgan fingerprint density at radius 1 is 0.933 bits per heavy atom. The smallest absolute Gasteiger partial charge is 0.318 e. The van der Waals surface area contributed by atoms with Crippen molar-refractivity contribution in [1.29, 1.82) is 0 Å². The van der Waals surface area contributed by atoms with Crippen molar-refractivity contribution >= 4 is 35.0 Å². The number of amides is 3. The summed E-state index contributed by atoms with van der Waals surface area (Å²) < 4.78 is 28.7. The molecule has 3 aromatic carbocycles. The number of thiocarbonyl (C=S) groups is 1. The molecule has 0 aromatic heterocycles. The average Bonchev–Trinajstić information content (AvgIpc) is 3.00. The van der Waals surface area contributed by atoms with Crippen molar-refractivity contribution in [2.24, 2.45) is 5.92 Å². The summed E-state index contributed by atoms with van der Waals surface area (Å²) in [6.45, 7) is 4.85. The normalized spacial score (nSPS) is 15.9. The first-order valence-electron chi connectivity index (χ1n) is 15.2. The first kappa shape index (κ1) is 33.8. The molecule has 0 saturated carbocycles. The maximum Gasteiger partial charge on any atom is 0.318 e. The molecule has 4 rings (SSSR count). The van der Waals surface area contributed by atoms with Crippen molar-refractivity contribution in [3.05, 3.63) is 102 Å². The molecule has 11 heteroatoms. The van der Waals surface area contributed by atoms with E-state index in [4.69, 9.17) is 12.2 Å². The Morgan fingerprint density at radius 3 is 2.11 bits per heavy atom. The zero-order chi connectivity index (χ0) is 32.3. The highest BCUT2D eigenvalue weighted by Crippen LogP contribution is 2.20.